The van der Waals surface area contributed by atoms with E-state index in [4.69, 9.17) is 34.7 Å². The Morgan fingerprint density at radius 2 is 1.82 bits per heavy atom. The van der Waals surface area contributed by atoms with Crippen LogP contribution in [0.3, 0.4) is 0 Å². The van der Waals surface area contributed by atoms with E-state index < -0.39 is 12.0 Å². The van der Waals surface area contributed by atoms with Crippen LogP contribution >= 0.6 is 23.8 Å². The van der Waals surface area contributed by atoms with E-state index in [1.54, 1.807) is 18.2 Å². The average molecular weight is 344 g/mol. The van der Waals surface area contributed by atoms with Gasteiger partial charge in [0.05, 0.1) is 4.86 Å². The van der Waals surface area contributed by atoms with Gasteiger partial charge in [0.25, 0.3) is 0 Å². The fraction of sp³-hybridized carbons (Fsp3) is 0.125. The van der Waals surface area contributed by atoms with Crippen LogP contribution in [-0.4, -0.2) is 45.5 Å². The number of carbonyl (C=O) groups is 1. The Morgan fingerprint density at radius 3 is 2.36 bits per heavy atom. The second-order valence-electron chi connectivity index (χ2n) is 4.75. The molecule has 2 aromatic carbocycles. The van der Waals surface area contributed by atoms with Crippen molar-refractivity contribution < 1.29 is 9.90 Å². The molecule has 0 saturated heterocycles. The summed E-state index contributed by atoms with van der Waals surface area (Å²) in [7, 11) is 0. The van der Waals surface area contributed by atoms with Crippen LogP contribution < -0.4 is 5.73 Å². The van der Waals surface area contributed by atoms with E-state index in [9.17, 15) is 4.79 Å². The summed E-state index contributed by atoms with van der Waals surface area (Å²) in [6.07, 6.45) is 0. The third kappa shape index (κ3) is 4.38. The van der Waals surface area contributed by atoms with Crippen molar-refractivity contribution in [1.82, 2.24) is 0 Å². The molecule has 3 N–H and O–H groups in total. The van der Waals surface area contributed by atoms with Gasteiger partial charge in [-0.15, -0.1) is 0 Å². The number of hydrogen-bond acceptors (Lipinski definition) is 3. The van der Waals surface area contributed by atoms with Gasteiger partial charge in [0.1, 0.15) is 6.04 Å². The monoisotopic (exact) mass is 343 g/mol. The maximum absolute atomic E-state index is 11.0. The Hall–Kier alpha value is -0.750. The summed E-state index contributed by atoms with van der Waals surface area (Å²) >= 11 is 11.6. The molecule has 0 heterocycles. The van der Waals surface area contributed by atoms with E-state index in [2.05, 4.69) is 0 Å². The van der Waals surface area contributed by atoms with Gasteiger partial charge in [-0.2, -0.15) is 0 Å². The molecule has 3 nitrogen and oxygen atoms in total. The SMILES string of the molecule is Cc1ccc(C(=S)c2cc(C(N)C(=O)O)ccc2Cl)cc1.[NaH]. The number of carboxylic acids is 1. The molecule has 22 heavy (non-hydrogen) atoms. The Kier molecular flexibility index (Phi) is 7.19. The fourth-order valence-corrected chi connectivity index (χ4v) is 2.49. The van der Waals surface area contributed by atoms with Crippen LogP contribution in [0.4, 0.5) is 0 Å². The number of thiocarbonyl (C=S) groups is 1. The summed E-state index contributed by atoms with van der Waals surface area (Å²) in [5.41, 5.74) is 8.71. The standard InChI is InChI=1S/C16H14ClNO2S.Na.H/c1-9-2-4-10(5-3-9)15(21)12-8-11(6-7-13(12)17)14(18)16(19)20;;/h2-8,14H,18H2,1H3,(H,19,20);;. The Balaban J connectivity index is 0.00000242. The zero-order chi connectivity index (χ0) is 15.6. The Labute approximate surface area is 161 Å². The van der Waals surface area contributed by atoms with Crippen molar-refractivity contribution in [3.8, 4) is 0 Å². The zero-order valence-corrected chi connectivity index (χ0v) is 12.9. The molecule has 0 amide bonds. The van der Waals surface area contributed by atoms with Gasteiger partial charge >= 0.3 is 35.5 Å². The molecular formula is C16H15ClNNaO2S. The van der Waals surface area contributed by atoms with Crippen LogP contribution in [-0.2, 0) is 4.79 Å². The number of aliphatic carboxylic acids is 1. The van der Waals surface area contributed by atoms with Gasteiger partial charge < -0.3 is 10.8 Å². The molecule has 0 radical (unpaired) electrons. The first kappa shape index (κ1) is 19.3. The minimum absolute atomic E-state index is 0. The van der Waals surface area contributed by atoms with Gasteiger partial charge in [0.15, 0.2) is 0 Å². The van der Waals surface area contributed by atoms with Crippen molar-refractivity contribution in [3.63, 3.8) is 0 Å². The number of hydrogen-bond donors (Lipinski definition) is 2. The average Bonchev–Trinajstić information content (AvgIpc) is 2.47. The van der Waals surface area contributed by atoms with Crippen molar-refractivity contribution in [2.75, 3.05) is 0 Å². The summed E-state index contributed by atoms with van der Waals surface area (Å²) < 4.78 is 0. The summed E-state index contributed by atoms with van der Waals surface area (Å²) in [4.78, 5) is 11.6. The van der Waals surface area contributed by atoms with E-state index in [1.165, 1.54) is 0 Å². The van der Waals surface area contributed by atoms with Crippen molar-refractivity contribution in [2.24, 2.45) is 5.73 Å². The van der Waals surface area contributed by atoms with Crippen molar-refractivity contribution in [3.05, 3.63) is 69.7 Å². The van der Waals surface area contributed by atoms with Gasteiger partial charge in [-0.3, -0.25) is 4.79 Å². The first-order valence-electron chi connectivity index (χ1n) is 6.29. The normalized spacial score (nSPS) is 11.4. The zero-order valence-electron chi connectivity index (χ0n) is 11.3. The van der Waals surface area contributed by atoms with Gasteiger partial charge in [-0.1, -0.05) is 59.7 Å². The number of halogens is 1. The molecule has 2 rings (SSSR count). The van der Waals surface area contributed by atoms with E-state index >= 15 is 0 Å². The van der Waals surface area contributed by atoms with E-state index in [1.807, 2.05) is 31.2 Å². The molecule has 1 unspecified atom stereocenters. The van der Waals surface area contributed by atoms with E-state index in [0.29, 0.717) is 21.0 Å². The molecule has 0 aliphatic carbocycles. The molecule has 0 aliphatic rings. The van der Waals surface area contributed by atoms with Crippen LogP contribution in [0.2, 0.25) is 5.02 Å². The molecule has 0 bridgehead atoms. The molecule has 0 spiro atoms. The van der Waals surface area contributed by atoms with E-state index in [0.717, 1.165) is 11.1 Å². The van der Waals surface area contributed by atoms with Gasteiger partial charge in [0, 0.05) is 10.6 Å². The number of nitrogens with two attached hydrogens (primary N) is 1. The van der Waals surface area contributed by atoms with Crippen LogP contribution in [0.15, 0.2) is 42.5 Å². The number of carboxylic acid groups (broad SMARTS) is 1. The second kappa shape index (κ2) is 8.20. The van der Waals surface area contributed by atoms with Gasteiger partial charge in [-0.25, -0.2) is 0 Å². The predicted octanol–water partition coefficient (Wildman–Crippen LogP) is 2.85. The topological polar surface area (TPSA) is 63.3 Å². The van der Waals surface area contributed by atoms with Crippen molar-refractivity contribution in [1.29, 1.82) is 0 Å². The molecule has 6 heteroatoms. The quantitative estimate of drug-likeness (QED) is 0.509. The van der Waals surface area contributed by atoms with Crippen molar-refractivity contribution >= 4 is 64.2 Å². The Bertz CT molecular complexity index is 704. The van der Waals surface area contributed by atoms with Crippen LogP contribution in [0.5, 0.6) is 0 Å². The summed E-state index contributed by atoms with van der Waals surface area (Å²) in [6, 6.07) is 11.5. The maximum atomic E-state index is 11.0. The van der Waals surface area contributed by atoms with Crippen molar-refractivity contribution in [2.45, 2.75) is 13.0 Å². The van der Waals surface area contributed by atoms with Crippen LogP contribution in [0.1, 0.15) is 28.3 Å². The molecule has 0 aliphatic heterocycles. The second-order valence-corrected chi connectivity index (χ2v) is 5.57. The van der Waals surface area contributed by atoms with Gasteiger partial charge in [0.2, 0.25) is 0 Å². The first-order chi connectivity index (χ1) is 9.90. The molecule has 0 saturated carbocycles. The predicted molar refractivity (Wildman–Crippen MR) is 95.1 cm³/mol. The number of aryl methyl sites for hydroxylation is 1. The molecule has 0 fully saturated rings. The molecule has 0 aromatic heterocycles. The van der Waals surface area contributed by atoms with E-state index in [-0.39, 0.29) is 29.6 Å². The minimum atomic E-state index is -1.10. The molecular weight excluding hydrogens is 329 g/mol. The number of benzene rings is 2. The third-order valence-corrected chi connectivity index (χ3v) is 3.96. The van der Waals surface area contributed by atoms with Crippen LogP contribution in [0, 0.1) is 6.92 Å². The molecule has 110 valence electrons. The summed E-state index contributed by atoms with van der Waals surface area (Å²) in [6.45, 7) is 1.99. The molecule has 1 atom stereocenters. The fourth-order valence-electron chi connectivity index (χ4n) is 1.91. The first-order valence-corrected chi connectivity index (χ1v) is 7.08. The van der Waals surface area contributed by atoms with Crippen LogP contribution in [0.25, 0.3) is 0 Å². The number of rotatable bonds is 4. The van der Waals surface area contributed by atoms with Gasteiger partial charge in [-0.05, 0) is 30.2 Å². The summed E-state index contributed by atoms with van der Waals surface area (Å²) in [5, 5.41) is 9.46. The Morgan fingerprint density at radius 1 is 1.23 bits per heavy atom. The molecule has 2 aromatic rings. The summed E-state index contributed by atoms with van der Waals surface area (Å²) in [5.74, 6) is -1.09. The third-order valence-electron chi connectivity index (χ3n) is 3.17.